The average molecular weight is 600 g/mol. The number of anilines is 4. The third-order valence-corrected chi connectivity index (χ3v) is 10.2. The van der Waals surface area contributed by atoms with Gasteiger partial charge >= 0.3 is 0 Å². The first-order chi connectivity index (χ1) is 19.8. The van der Waals surface area contributed by atoms with Gasteiger partial charge in [0.2, 0.25) is 5.95 Å². The third-order valence-electron chi connectivity index (χ3n) is 7.65. The molecule has 0 amide bonds. The second-order valence-electron chi connectivity index (χ2n) is 10.7. The van der Waals surface area contributed by atoms with E-state index in [-0.39, 0.29) is 27.2 Å². The van der Waals surface area contributed by atoms with E-state index >= 15 is 0 Å². The predicted octanol–water partition coefficient (Wildman–Crippen LogP) is 6.60. The fourth-order valence-corrected chi connectivity index (χ4v) is 7.53. The van der Waals surface area contributed by atoms with Crippen molar-refractivity contribution in [3.05, 3.63) is 53.7 Å². The molecule has 2 heterocycles. The number of piperidine rings is 1. The molecule has 1 aromatic heterocycles. The monoisotopic (exact) mass is 599 g/mol. The molecule has 41 heavy (non-hydrogen) atoms. The van der Waals surface area contributed by atoms with Crippen LogP contribution in [-0.2, 0) is 9.84 Å². The molecule has 9 nitrogen and oxygen atoms in total. The number of nitrogens with zero attached hydrogens (tertiary/aromatic N) is 3. The van der Waals surface area contributed by atoms with Crippen LogP contribution in [0, 0.1) is 0 Å². The van der Waals surface area contributed by atoms with Crippen LogP contribution in [0.2, 0.25) is 5.02 Å². The zero-order chi connectivity index (χ0) is 28.8. The lowest BCUT2D eigenvalue weighted by Gasteiger charge is -2.29. The second-order valence-corrected chi connectivity index (χ2v) is 13.3. The zero-order valence-corrected chi connectivity index (χ0v) is 25.2. The van der Waals surface area contributed by atoms with Gasteiger partial charge in [-0.05, 0) is 63.9 Å². The summed E-state index contributed by atoms with van der Waals surface area (Å²) in [5.41, 5.74) is 1.12. The summed E-state index contributed by atoms with van der Waals surface area (Å²) >= 11 is 6.46. The second kappa shape index (κ2) is 13.3. The molecule has 1 aliphatic carbocycles. The van der Waals surface area contributed by atoms with E-state index in [1.54, 1.807) is 24.3 Å². The van der Waals surface area contributed by atoms with Crippen LogP contribution in [-0.4, -0.2) is 61.4 Å². The van der Waals surface area contributed by atoms with Gasteiger partial charge in [-0.3, -0.25) is 0 Å². The molecule has 0 unspecified atom stereocenters. The first-order valence-corrected chi connectivity index (χ1v) is 16.3. The molecule has 3 aromatic rings. The van der Waals surface area contributed by atoms with Gasteiger partial charge in [0, 0.05) is 19.2 Å². The van der Waals surface area contributed by atoms with E-state index < -0.39 is 9.84 Å². The quantitative estimate of drug-likeness (QED) is 0.267. The zero-order valence-electron chi connectivity index (χ0n) is 23.6. The summed E-state index contributed by atoms with van der Waals surface area (Å²) in [6.45, 7) is 4.44. The molecule has 2 aromatic carbocycles. The van der Waals surface area contributed by atoms with E-state index in [0.717, 1.165) is 50.9 Å². The van der Waals surface area contributed by atoms with Crippen LogP contribution >= 0.6 is 11.6 Å². The van der Waals surface area contributed by atoms with E-state index in [4.69, 9.17) is 21.1 Å². The Morgan fingerprint density at radius 3 is 2.51 bits per heavy atom. The maximum atomic E-state index is 13.5. The summed E-state index contributed by atoms with van der Waals surface area (Å²) in [5, 5.41) is 6.27. The van der Waals surface area contributed by atoms with Crippen molar-refractivity contribution in [1.82, 2.24) is 14.9 Å². The molecule has 1 saturated heterocycles. The average Bonchev–Trinajstić information content (AvgIpc) is 2.98. The topological polar surface area (TPSA) is 106 Å². The molecule has 0 atom stereocenters. The fourth-order valence-electron chi connectivity index (χ4n) is 5.39. The Labute approximate surface area is 247 Å². The van der Waals surface area contributed by atoms with Gasteiger partial charge in [-0.1, -0.05) is 43.0 Å². The van der Waals surface area contributed by atoms with Gasteiger partial charge in [0.25, 0.3) is 0 Å². The van der Waals surface area contributed by atoms with Gasteiger partial charge in [-0.2, -0.15) is 4.98 Å². The Morgan fingerprint density at radius 1 is 1.00 bits per heavy atom. The number of ether oxygens (including phenoxy) is 2. The number of benzene rings is 2. The highest BCUT2D eigenvalue weighted by molar-refractivity contribution is 7.92. The summed E-state index contributed by atoms with van der Waals surface area (Å²) in [4.78, 5) is 11.5. The van der Waals surface area contributed by atoms with Crippen LogP contribution in [0.3, 0.4) is 0 Å². The summed E-state index contributed by atoms with van der Waals surface area (Å²) < 4.78 is 39.2. The molecule has 2 aliphatic rings. The Bertz CT molecular complexity index is 1440. The number of halogens is 1. The van der Waals surface area contributed by atoms with Gasteiger partial charge in [0.05, 0.1) is 34.3 Å². The summed E-state index contributed by atoms with van der Waals surface area (Å²) in [7, 11) is -1.38. The minimum atomic E-state index is -3.51. The Hall–Kier alpha value is -3.08. The smallest absolute Gasteiger partial charge is 0.229 e. The van der Waals surface area contributed by atoms with Crippen molar-refractivity contribution in [3.8, 4) is 11.5 Å². The molecule has 2 N–H and O–H groups in total. The Balaban J connectivity index is 1.35. The van der Waals surface area contributed by atoms with Crippen molar-refractivity contribution in [3.63, 3.8) is 0 Å². The molecule has 0 radical (unpaired) electrons. The van der Waals surface area contributed by atoms with Gasteiger partial charge in [-0.25, -0.2) is 13.4 Å². The number of rotatable bonds is 10. The van der Waals surface area contributed by atoms with Crippen LogP contribution in [0.25, 0.3) is 0 Å². The number of nitrogens with one attached hydrogen (secondary N) is 2. The highest BCUT2D eigenvalue weighted by atomic mass is 35.5. The molecular weight excluding hydrogens is 562 g/mol. The van der Waals surface area contributed by atoms with Gasteiger partial charge < -0.3 is 25.0 Å². The highest BCUT2D eigenvalue weighted by Crippen LogP contribution is 2.36. The number of sulfone groups is 1. The molecule has 11 heteroatoms. The highest BCUT2D eigenvalue weighted by Gasteiger charge is 2.31. The van der Waals surface area contributed by atoms with Crippen LogP contribution in [0.1, 0.15) is 51.9 Å². The minimum Gasteiger partial charge on any atom is -0.492 e. The number of para-hydroxylation sites is 1. The lowest BCUT2D eigenvalue weighted by Crippen LogP contribution is -2.35. The number of hydrogen-bond acceptors (Lipinski definition) is 9. The standard InChI is InChI=1S/C30H38ClN5O4S/c1-3-39-27-19-22(40-21-15-17-36(2)18-16-21)13-14-25(27)34-30-32-20-24(31)29(35-30)33-26-11-7-8-12-28(26)41(37,38)23-9-5-4-6-10-23/h7-8,11-14,19-21,23H,3-6,9-10,15-18H2,1-2H3,(H2,32,33,34,35). The molecule has 0 spiro atoms. The van der Waals surface area contributed by atoms with E-state index in [0.29, 0.717) is 42.4 Å². The van der Waals surface area contributed by atoms with Crippen LogP contribution in [0.5, 0.6) is 11.5 Å². The summed E-state index contributed by atoms with van der Waals surface area (Å²) in [6, 6.07) is 12.6. The van der Waals surface area contributed by atoms with Crippen LogP contribution in [0.4, 0.5) is 23.1 Å². The predicted molar refractivity (Wildman–Crippen MR) is 163 cm³/mol. The first kappa shape index (κ1) is 29.4. The minimum absolute atomic E-state index is 0.178. The molecule has 220 valence electrons. The molecule has 1 saturated carbocycles. The molecule has 2 fully saturated rings. The van der Waals surface area contributed by atoms with Crippen molar-refractivity contribution in [2.45, 2.75) is 68.1 Å². The molecule has 5 rings (SSSR count). The third kappa shape index (κ3) is 7.23. The van der Waals surface area contributed by atoms with Gasteiger partial charge in [-0.15, -0.1) is 0 Å². The lowest BCUT2D eigenvalue weighted by atomic mass is 10.0. The first-order valence-electron chi connectivity index (χ1n) is 14.3. The largest absolute Gasteiger partial charge is 0.492 e. The number of likely N-dealkylation sites (tertiary alicyclic amines) is 1. The van der Waals surface area contributed by atoms with Crippen molar-refractivity contribution in [2.75, 3.05) is 37.4 Å². The van der Waals surface area contributed by atoms with E-state index in [1.807, 2.05) is 25.1 Å². The maximum absolute atomic E-state index is 13.5. The summed E-state index contributed by atoms with van der Waals surface area (Å²) in [6.07, 6.45) is 7.94. The fraction of sp³-hybridized carbons (Fsp3) is 0.467. The molecule has 1 aliphatic heterocycles. The van der Waals surface area contributed by atoms with E-state index in [9.17, 15) is 8.42 Å². The molecular formula is C30H38ClN5O4S. The van der Waals surface area contributed by atoms with Crippen molar-refractivity contribution < 1.29 is 17.9 Å². The van der Waals surface area contributed by atoms with E-state index in [2.05, 4.69) is 32.5 Å². The Kier molecular flexibility index (Phi) is 9.52. The Morgan fingerprint density at radius 2 is 1.76 bits per heavy atom. The van der Waals surface area contributed by atoms with Gasteiger partial charge in [0.15, 0.2) is 15.7 Å². The van der Waals surface area contributed by atoms with Crippen molar-refractivity contribution in [2.24, 2.45) is 0 Å². The SMILES string of the molecule is CCOc1cc(OC2CCN(C)CC2)ccc1Nc1ncc(Cl)c(Nc2ccccc2S(=O)(=O)C2CCCCC2)n1. The number of aromatic nitrogens is 2. The molecule has 0 bridgehead atoms. The van der Waals surface area contributed by atoms with Crippen molar-refractivity contribution in [1.29, 1.82) is 0 Å². The van der Waals surface area contributed by atoms with Crippen LogP contribution < -0.4 is 20.1 Å². The van der Waals surface area contributed by atoms with Crippen LogP contribution in [0.15, 0.2) is 53.6 Å². The maximum Gasteiger partial charge on any atom is 0.229 e. The lowest BCUT2D eigenvalue weighted by molar-refractivity contribution is 0.114. The van der Waals surface area contributed by atoms with E-state index in [1.165, 1.54) is 6.20 Å². The summed E-state index contributed by atoms with van der Waals surface area (Å²) in [5.74, 6) is 1.96. The van der Waals surface area contributed by atoms with Gasteiger partial charge in [0.1, 0.15) is 22.6 Å². The number of hydrogen-bond donors (Lipinski definition) is 2. The van der Waals surface area contributed by atoms with Crippen molar-refractivity contribution >= 4 is 44.6 Å². The normalized spacial score (nSPS) is 17.2.